The van der Waals surface area contributed by atoms with Gasteiger partial charge in [0.25, 0.3) is 0 Å². The summed E-state index contributed by atoms with van der Waals surface area (Å²) in [4.78, 5) is 10.4. The number of aliphatic carboxylic acids is 1. The van der Waals surface area contributed by atoms with E-state index in [1.54, 1.807) is 12.1 Å². The van der Waals surface area contributed by atoms with Gasteiger partial charge in [-0.25, -0.2) is 0 Å². The molecule has 1 rings (SSSR count). The maximum atomic E-state index is 10.4. The lowest BCUT2D eigenvalue weighted by Gasteiger charge is -2.15. The molecular weight excluding hydrogens is 289 g/mol. The smallest absolute Gasteiger partial charge is 0.303 e. The monoisotopic (exact) mass is 305 g/mol. The third-order valence-electron chi connectivity index (χ3n) is 2.83. The zero-order valence-electron chi connectivity index (χ0n) is 10.7. The molecule has 0 amide bonds. The highest BCUT2D eigenvalue weighted by molar-refractivity contribution is 6.34. The van der Waals surface area contributed by atoms with Gasteiger partial charge in [0.1, 0.15) is 5.75 Å². The fourth-order valence-electron chi connectivity index (χ4n) is 1.78. The molecule has 0 aliphatic carbocycles. The minimum absolute atomic E-state index is 0.157. The van der Waals surface area contributed by atoms with Gasteiger partial charge in [-0.1, -0.05) is 29.6 Å². The van der Waals surface area contributed by atoms with Crippen LogP contribution in [-0.4, -0.2) is 18.2 Å². The summed E-state index contributed by atoms with van der Waals surface area (Å²) in [5.41, 5.74) is 6.79. The maximum Gasteiger partial charge on any atom is 0.303 e. The van der Waals surface area contributed by atoms with Crippen LogP contribution in [0.25, 0.3) is 0 Å². The average molecular weight is 306 g/mol. The predicted molar refractivity (Wildman–Crippen MR) is 76.0 cm³/mol. The van der Waals surface area contributed by atoms with E-state index in [0.29, 0.717) is 28.6 Å². The Morgan fingerprint density at radius 2 is 2.05 bits per heavy atom. The van der Waals surface area contributed by atoms with Crippen molar-refractivity contribution in [1.82, 2.24) is 0 Å². The van der Waals surface area contributed by atoms with Gasteiger partial charge in [-0.15, -0.1) is 0 Å². The van der Waals surface area contributed by atoms with Crippen molar-refractivity contribution in [3.63, 3.8) is 0 Å². The summed E-state index contributed by atoms with van der Waals surface area (Å²) >= 11 is 12.2. The van der Waals surface area contributed by atoms with Gasteiger partial charge in [-0.3, -0.25) is 4.79 Å². The van der Waals surface area contributed by atoms with E-state index >= 15 is 0 Å². The molecule has 0 radical (unpaired) electrons. The van der Waals surface area contributed by atoms with Gasteiger partial charge in [-0.2, -0.15) is 0 Å². The molecule has 1 unspecified atom stereocenters. The minimum Gasteiger partial charge on any atom is -0.495 e. The van der Waals surface area contributed by atoms with Crippen LogP contribution in [0.15, 0.2) is 12.1 Å². The summed E-state index contributed by atoms with van der Waals surface area (Å²) in [7, 11) is 1.52. The third-order valence-corrected chi connectivity index (χ3v) is 3.45. The van der Waals surface area contributed by atoms with Crippen LogP contribution < -0.4 is 10.5 Å². The fourth-order valence-corrected chi connectivity index (χ4v) is 2.32. The molecular formula is C13H17Cl2NO3. The van der Waals surface area contributed by atoms with Gasteiger partial charge >= 0.3 is 5.97 Å². The first-order valence-corrected chi connectivity index (χ1v) is 6.71. The Kier molecular flexibility index (Phi) is 6.42. The van der Waals surface area contributed by atoms with Crippen molar-refractivity contribution in [2.75, 3.05) is 7.11 Å². The number of benzene rings is 1. The van der Waals surface area contributed by atoms with Crippen LogP contribution >= 0.6 is 23.2 Å². The van der Waals surface area contributed by atoms with Crippen LogP contribution in [0.1, 0.15) is 37.3 Å². The summed E-state index contributed by atoms with van der Waals surface area (Å²) in [6.45, 7) is 0. The van der Waals surface area contributed by atoms with E-state index in [1.807, 2.05) is 0 Å². The lowest BCUT2D eigenvalue weighted by molar-refractivity contribution is -0.137. The standard InChI is InChI=1S/C13H17Cl2NO3/c1-19-12-7-9(14)8(6-10(12)15)11(16)4-2-3-5-13(17)18/h6-7,11H,2-5,16H2,1H3,(H,17,18). The van der Waals surface area contributed by atoms with Crippen LogP contribution in [0.2, 0.25) is 10.0 Å². The van der Waals surface area contributed by atoms with Crippen molar-refractivity contribution in [2.24, 2.45) is 5.73 Å². The number of hydrogen-bond acceptors (Lipinski definition) is 3. The van der Waals surface area contributed by atoms with Crippen LogP contribution in [-0.2, 0) is 4.79 Å². The molecule has 0 spiro atoms. The third kappa shape index (κ3) is 4.90. The predicted octanol–water partition coefficient (Wildman–Crippen LogP) is 3.65. The second kappa shape index (κ2) is 7.58. The van der Waals surface area contributed by atoms with Crippen LogP contribution in [0.5, 0.6) is 5.75 Å². The molecule has 3 N–H and O–H groups in total. The molecule has 0 saturated heterocycles. The van der Waals surface area contributed by atoms with Gasteiger partial charge < -0.3 is 15.6 Å². The molecule has 0 aromatic heterocycles. The molecule has 0 aliphatic rings. The number of nitrogens with two attached hydrogens (primary N) is 1. The quantitative estimate of drug-likeness (QED) is 0.754. The van der Waals surface area contributed by atoms with E-state index in [0.717, 1.165) is 12.0 Å². The number of ether oxygens (including phenoxy) is 1. The molecule has 19 heavy (non-hydrogen) atoms. The molecule has 4 nitrogen and oxygen atoms in total. The molecule has 0 fully saturated rings. The molecule has 1 aromatic rings. The second-order valence-corrected chi connectivity index (χ2v) is 5.07. The summed E-state index contributed by atoms with van der Waals surface area (Å²) in [5.74, 6) is -0.285. The van der Waals surface area contributed by atoms with E-state index in [1.165, 1.54) is 7.11 Å². The molecule has 1 atom stereocenters. The number of rotatable bonds is 7. The first-order chi connectivity index (χ1) is 8.95. The Morgan fingerprint density at radius 3 is 2.63 bits per heavy atom. The number of carbonyl (C=O) groups is 1. The zero-order valence-corrected chi connectivity index (χ0v) is 12.2. The summed E-state index contributed by atoms with van der Waals surface area (Å²) in [6.07, 6.45) is 2.15. The fraction of sp³-hybridized carbons (Fsp3) is 0.462. The van der Waals surface area contributed by atoms with E-state index in [4.69, 9.17) is 38.8 Å². The maximum absolute atomic E-state index is 10.4. The Balaban J connectivity index is 2.64. The number of carboxylic acid groups (broad SMARTS) is 1. The van der Waals surface area contributed by atoms with Crippen molar-refractivity contribution in [3.8, 4) is 5.75 Å². The molecule has 6 heteroatoms. The first kappa shape index (κ1) is 16.1. The van der Waals surface area contributed by atoms with E-state index in [9.17, 15) is 4.79 Å². The number of unbranched alkanes of at least 4 members (excludes halogenated alkanes) is 1. The lowest BCUT2D eigenvalue weighted by atomic mass is 10.0. The van der Waals surface area contributed by atoms with Gasteiger partial charge in [0.05, 0.1) is 12.1 Å². The summed E-state index contributed by atoms with van der Waals surface area (Å²) < 4.78 is 5.06. The van der Waals surface area contributed by atoms with Crippen LogP contribution in [0, 0.1) is 0 Å². The topological polar surface area (TPSA) is 72.5 Å². The average Bonchev–Trinajstić information content (AvgIpc) is 2.36. The number of methoxy groups -OCH3 is 1. The van der Waals surface area contributed by atoms with Crippen LogP contribution in [0.4, 0.5) is 0 Å². The van der Waals surface area contributed by atoms with Gasteiger partial charge in [0, 0.05) is 23.6 Å². The Morgan fingerprint density at radius 1 is 1.37 bits per heavy atom. The molecule has 0 bridgehead atoms. The molecule has 106 valence electrons. The number of hydrogen-bond donors (Lipinski definition) is 2. The second-order valence-electron chi connectivity index (χ2n) is 4.25. The molecule has 0 saturated carbocycles. The van der Waals surface area contributed by atoms with Crippen molar-refractivity contribution >= 4 is 29.2 Å². The van der Waals surface area contributed by atoms with E-state index < -0.39 is 5.97 Å². The zero-order chi connectivity index (χ0) is 14.4. The number of carboxylic acids is 1. The Hall–Kier alpha value is -0.970. The van der Waals surface area contributed by atoms with E-state index in [2.05, 4.69) is 0 Å². The van der Waals surface area contributed by atoms with Gasteiger partial charge in [0.2, 0.25) is 0 Å². The highest BCUT2D eigenvalue weighted by Crippen LogP contribution is 2.34. The first-order valence-electron chi connectivity index (χ1n) is 5.96. The van der Waals surface area contributed by atoms with Crippen molar-refractivity contribution in [2.45, 2.75) is 31.7 Å². The summed E-state index contributed by atoms with van der Waals surface area (Å²) in [5, 5.41) is 9.52. The number of halogens is 2. The van der Waals surface area contributed by atoms with Crippen molar-refractivity contribution in [1.29, 1.82) is 0 Å². The lowest BCUT2D eigenvalue weighted by Crippen LogP contribution is -2.11. The molecule has 0 heterocycles. The Labute approximate surface area is 122 Å². The van der Waals surface area contributed by atoms with Crippen LogP contribution in [0.3, 0.4) is 0 Å². The largest absolute Gasteiger partial charge is 0.495 e. The normalized spacial score (nSPS) is 12.2. The Bertz CT molecular complexity index is 452. The highest BCUT2D eigenvalue weighted by Gasteiger charge is 2.14. The summed E-state index contributed by atoms with van der Waals surface area (Å²) in [6, 6.07) is 3.07. The SMILES string of the molecule is COc1cc(Cl)c(C(N)CCCCC(=O)O)cc1Cl. The minimum atomic E-state index is -0.793. The van der Waals surface area contributed by atoms with E-state index in [-0.39, 0.29) is 12.5 Å². The van der Waals surface area contributed by atoms with Gasteiger partial charge in [-0.05, 0) is 24.5 Å². The van der Waals surface area contributed by atoms with Gasteiger partial charge in [0.15, 0.2) is 0 Å². The highest BCUT2D eigenvalue weighted by atomic mass is 35.5. The van der Waals surface area contributed by atoms with Crippen molar-refractivity contribution in [3.05, 3.63) is 27.7 Å². The molecule has 1 aromatic carbocycles. The van der Waals surface area contributed by atoms with Crippen molar-refractivity contribution < 1.29 is 14.6 Å². The molecule has 0 aliphatic heterocycles.